The SMILES string of the molecule is COc1ccc(C(=O)c2cc[c]cc2)c(OC)c1. The molecule has 2 aromatic carbocycles. The van der Waals surface area contributed by atoms with E-state index < -0.39 is 0 Å². The Bertz CT molecular complexity index is 547. The molecule has 0 unspecified atom stereocenters. The topological polar surface area (TPSA) is 35.5 Å². The Balaban J connectivity index is 2.42. The third-order valence-electron chi connectivity index (χ3n) is 2.63. The molecule has 0 aliphatic heterocycles. The van der Waals surface area contributed by atoms with Crippen molar-refractivity contribution < 1.29 is 14.3 Å². The van der Waals surface area contributed by atoms with E-state index in [9.17, 15) is 4.79 Å². The molecule has 0 aliphatic carbocycles. The van der Waals surface area contributed by atoms with Crippen molar-refractivity contribution in [2.75, 3.05) is 14.2 Å². The molecule has 0 saturated heterocycles. The van der Waals surface area contributed by atoms with Gasteiger partial charge >= 0.3 is 0 Å². The monoisotopic (exact) mass is 241 g/mol. The standard InChI is InChI=1S/C15H13O3/c1-17-12-8-9-13(14(10-12)18-2)15(16)11-6-4-3-5-7-11/h4-10H,1-2H3. The van der Waals surface area contributed by atoms with Crippen molar-refractivity contribution in [2.45, 2.75) is 0 Å². The molecule has 18 heavy (non-hydrogen) atoms. The van der Waals surface area contributed by atoms with E-state index in [1.54, 1.807) is 49.6 Å². The highest BCUT2D eigenvalue weighted by atomic mass is 16.5. The van der Waals surface area contributed by atoms with E-state index in [2.05, 4.69) is 6.07 Å². The highest BCUT2D eigenvalue weighted by Crippen LogP contribution is 2.26. The summed E-state index contributed by atoms with van der Waals surface area (Å²) in [4.78, 5) is 12.3. The van der Waals surface area contributed by atoms with E-state index >= 15 is 0 Å². The first-order chi connectivity index (χ1) is 8.76. The van der Waals surface area contributed by atoms with E-state index in [-0.39, 0.29) is 5.78 Å². The molecule has 2 rings (SSSR count). The number of rotatable bonds is 4. The van der Waals surface area contributed by atoms with E-state index in [1.807, 2.05) is 0 Å². The zero-order valence-corrected chi connectivity index (χ0v) is 10.3. The van der Waals surface area contributed by atoms with Crippen molar-refractivity contribution in [3.05, 3.63) is 59.7 Å². The number of carbonyl (C=O) groups excluding carboxylic acids is 1. The van der Waals surface area contributed by atoms with Gasteiger partial charge in [0.1, 0.15) is 11.5 Å². The summed E-state index contributed by atoms with van der Waals surface area (Å²) in [7, 11) is 3.10. The van der Waals surface area contributed by atoms with Gasteiger partial charge in [-0.3, -0.25) is 4.79 Å². The fourth-order valence-electron chi connectivity index (χ4n) is 1.68. The van der Waals surface area contributed by atoms with Gasteiger partial charge in [-0.2, -0.15) is 0 Å². The minimum atomic E-state index is -0.0801. The molecule has 0 spiro atoms. The van der Waals surface area contributed by atoms with E-state index in [1.165, 1.54) is 7.11 Å². The van der Waals surface area contributed by atoms with Crippen LogP contribution in [0.3, 0.4) is 0 Å². The fraction of sp³-hybridized carbons (Fsp3) is 0.133. The Morgan fingerprint density at radius 1 is 1.06 bits per heavy atom. The number of methoxy groups -OCH3 is 2. The highest BCUT2D eigenvalue weighted by molar-refractivity contribution is 6.10. The lowest BCUT2D eigenvalue weighted by Gasteiger charge is -2.09. The summed E-state index contributed by atoms with van der Waals surface area (Å²) in [5.74, 6) is 1.08. The summed E-state index contributed by atoms with van der Waals surface area (Å²) in [6, 6.07) is 14.9. The van der Waals surface area contributed by atoms with Gasteiger partial charge in [-0.05, 0) is 18.2 Å². The van der Waals surface area contributed by atoms with Crippen LogP contribution >= 0.6 is 0 Å². The van der Waals surface area contributed by atoms with Crippen LogP contribution in [0.4, 0.5) is 0 Å². The number of ketones is 1. The van der Waals surface area contributed by atoms with Crippen LogP contribution in [-0.2, 0) is 0 Å². The van der Waals surface area contributed by atoms with E-state index in [0.29, 0.717) is 22.6 Å². The molecule has 1 radical (unpaired) electrons. The smallest absolute Gasteiger partial charge is 0.196 e. The molecule has 0 fully saturated rings. The van der Waals surface area contributed by atoms with Gasteiger partial charge < -0.3 is 9.47 Å². The van der Waals surface area contributed by atoms with Crippen LogP contribution in [0.2, 0.25) is 0 Å². The molecular formula is C15H13O3. The van der Waals surface area contributed by atoms with Crippen LogP contribution in [0.15, 0.2) is 42.5 Å². The maximum atomic E-state index is 12.3. The number of carbonyl (C=O) groups is 1. The molecule has 91 valence electrons. The first-order valence-corrected chi connectivity index (χ1v) is 5.49. The maximum Gasteiger partial charge on any atom is 0.196 e. The Labute approximate surface area is 106 Å². The second-order valence-corrected chi connectivity index (χ2v) is 3.68. The van der Waals surface area contributed by atoms with Gasteiger partial charge in [-0.1, -0.05) is 24.3 Å². The van der Waals surface area contributed by atoms with Crippen LogP contribution in [0.25, 0.3) is 0 Å². The van der Waals surface area contributed by atoms with Crippen LogP contribution in [-0.4, -0.2) is 20.0 Å². The number of benzene rings is 2. The predicted octanol–water partition coefficient (Wildman–Crippen LogP) is 2.73. The van der Waals surface area contributed by atoms with E-state index in [0.717, 1.165) is 0 Å². The molecule has 0 amide bonds. The third kappa shape index (κ3) is 2.35. The second kappa shape index (κ2) is 5.36. The van der Waals surface area contributed by atoms with Crippen LogP contribution in [0.1, 0.15) is 15.9 Å². The molecular weight excluding hydrogens is 228 g/mol. The van der Waals surface area contributed by atoms with Gasteiger partial charge in [0.25, 0.3) is 0 Å². The largest absolute Gasteiger partial charge is 0.497 e. The average molecular weight is 241 g/mol. The van der Waals surface area contributed by atoms with Crippen LogP contribution < -0.4 is 9.47 Å². The quantitative estimate of drug-likeness (QED) is 0.772. The zero-order valence-electron chi connectivity index (χ0n) is 10.3. The maximum absolute atomic E-state index is 12.3. The molecule has 0 saturated carbocycles. The Morgan fingerprint density at radius 2 is 1.78 bits per heavy atom. The predicted molar refractivity (Wildman–Crippen MR) is 68.3 cm³/mol. The minimum Gasteiger partial charge on any atom is -0.497 e. The van der Waals surface area contributed by atoms with Crippen molar-refractivity contribution in [1.82, 2.24) is 0 Å². The first-order valence-electron chi connectivity index (χ1n) is 5.49. The van der Waals surface area contributed by atoms with Crippen molar-refractivity contribution >= 4 is 5.78 Å². The lowest BCUT2D eigenvalue weighted by molar-refractivity contribution is 0.103. The molecule has 2 aromatic rings. The normalized spacial score (nSPS) is 9.89. The van der Waals surface area contributed by atoms with Gasteiger partial charge in [0, 0.05) is 11.6 Å². The summed E-state index contributed by atoms with van der Waals surface area (Å²) in [5.41, 5.74) is 1.13. The summed E-state index contributed by atoms with van der Waals surface area (Å²) in [5, 5.41) is 0. The summed E-state index contributed by atoms with van der Waals surface area (Å²) >= 11 is 0. The van der Waals surface area contributed by atoms with Crippen LogP contribution in [0.5, 0.6) is 11.5 Å². The van der Waals surface area contributed by atoms with Gasteiger partial charge in [0.15, 0.2) is 5.78 Å². The number of hydrogen-bond donors (Lipinski definition) is 0. The molecule has 0 heterocycles. The third-order valence-corrected chi connectivity index (χ3v) is 2.63. The van der Waals surface area contributed by atoms with Gasteiger partial charge in [0.2, 0.25) is 0 Å². The van der Waals surface area contributed by atoms with Crippen molar-refractivity contribution in [1.29, 1.82) is 0 Å². The molecule has 0 aromatic heterocycles. The lowest BCUT2D eigenvalue weighted by Crippen LogP contribution is -2.04. The highest BCUT2D eigenvalue weighted by Gasteiger charge is 2.14. The zero-order chi connectivity index (χ0) is 13.0. The Morgan fingerprint density at radius 3 is 2.39 bits per heavy atom. The first kappa shape index (κ1) is 12.2. The number of hydrogen-bond acceptors (Lipinski definition) is 3. The second-order valence-electron chi connectivity index (χ2n) is 3.68. The summed E-state index contributed by atoms with van der Waals surface area (Å²) in [6.07, 6.45) is 0. The summed E-state index contributed by atoms with van der Waals surface area (Å²) in [6.45, 7) is 0. The molecule has 3 nitrogen and oxygen atoms in total. The van der Waals surface area contributed by atoms with Crippen LogP contribution in [0, 0.1) is 6.07 Å². The molecule has 0 N–H and O–H groups in total. The average Bonchev–Trinajstić information content (AvgIpc) is 2.46. The molecule has 0 aliphatic rings. The van der Waals surface area contributed by atoms with Gasteiger partial charge in [0.05, 0.1) is 19.8 Å². The lowest BCUT2D eigenvalue weighted by atomic mass is 10.0. The Kier molecular flexibility index (Phi) is 3.63. The van der Waals surface area contributed by atoms with Crippen molar-refractivity contribution in [3.8, 4) is 11.5 Å². The summed E-state index contributed by atoms with van der Waals surface area (Å²) < 4.78 is 10.3. The van der Waals surface area contributed by atoms with Gasteiger partial charge in [-0.15, -0.1) is 0 Å². The molecule has 3 heteroatoms. The van der Waals surface area contributed by atoms with E-state index in [4.69, 9.17) is 9.47 Å². The Hall–Kier alpha value is -2.29. The van der Waals surface area contributed by atoms with Crippen molar-refractivity contribution in [3.63, 3.8) is 0 Å². The van der Waals surface area contributed by atoms with Gasteiger partial charge in [-0.25, -0.2) is 0 Å². The minimum absolute atomic E-state index is 0.0801. The number of ether oxygens (including phenoxy) is 2. The van der Waals surface area contributed by atoms with Crippen molar-refractivity contribution in [2.24, 2.45) is 0 Å². The molecule has 0 atom stereocenters. The molecule has 0 bridgehead atoms. The fourth-order valence-corrected chi connectivity index (χ4v) is 1.68.